The summed E-state index contributed by atoms with van der Waals surface area (Å²) in [4.78, 5) is 26.0. The number of carbonyl (C=O) groups is 2. The fourth-order valence-electron chi connectivity index (χ4n) is 2.29. The van der Waals surface area contributed by atoms with Gasteiger partial charge in [0.25, 0.3) is 0 Å². The molecule has 0 spiro atoms. The Morgan fingerprint density at radius 1 is 1.13 bits per heavy atom. The number of hydrogen-bond acceptors (Lipinski definition) is 3. The highest BCUT2D eigenvalue weighted by molar-refractivity contribution is 6.08. The van der Waals surface area contributed by atoms with Gasteiger partial charge in [0.05, 0.1) is 22.8 Å². The van der Waals surface area contributed by atoms with E-state index in [9.17, 15) is 9.59 Å². The zero-order chi connectivity index (χ0) is 16.2. The van der Waals surface area contributed by atoms with Crippen LogP contribution >= 0.6 is 0 Å². The molecule has 0 unspecified atom stereocenters. The van der Waals surface area contributed by atoms with Crippen molar-refractivity contribution in [1.29, 1.82) is 5.26 Å². The third kappa shape index (κ3) is 2.89. The van der Waals surface area contributed by atoms with E-state index in [0.29, 0.717) is 28.0 Å². The van der Waals surface area contributed by atoms with Gasteiger partial charge < -0.3 is 15.6 Å². The van der Waals surface area contributed by atoms with Gasteiger partial charge in [0.1, 0.15) is 0 Å². The van der Waals surface area contributed by atoms with Gasteiger partial charge in [-0.25, -0.2) is 4.79 Å². The number of aldehydes is 1. The molecule has 6 nitrogen and oxygen atoms in total. The lowest BCUT2D eigenvalue weighted by Gasteiger charge is -2.08. The van der Waals surface area contributed by atoms with E-state index in [2.05, 4.69) is 15.6 Å². The first-order valence-corrected chi connectivity index (χ1v) is 6.84. The zero-order valence-electron chi connectivity index (χ0n) is 12.0. The van der Waals surface area contributed by atoms with Gasteiger partial charge in [0, 0.05) is 22.8 Å². The van der Waals surface area contributed by atoms with E-state index in [-0.39, 0.29) is 0 Å². The van der Waals surface area contributed by atoms with Crippen molar-refractivity contribution < 1.29 is 9.59 Å². The molecule has 0 radical (unpaired) electrons. The Morgan fingerprint density at radius 3 is 2.61 bits per heavy atom. The second-order valence-electron chi connectivity index (χ2n) is 4.86. The number of aromatic amines is 1. The van der Waals surface area contributed by atoms with E-state index in [1.165, 1.54) is 0 Å². The molecule has 0 atom stereocenters. The van der Waals surface area contributed by atoms with Crippen molar-refractivity contribution in [2.45, 2.75) is 0 Å². The molecular formula is C17H12N4O2. The number of fused-ring (bicyclic) bond motifs is 1. The fourth-order valence-corrected chi connectivity index (χ4v) is 2.29. The van der Waals surface area contributed by atoms with Crippen molar-refractivity contribution in [3.63, 3.8) is 0 Å². The van der Waals surface area contributed by atoms with Crippen LogP contribution in [0.15, 0.2) is 48.7 Å². The molecule has 23 heavy (non-hydrogen) atoms. The first-order chi connectivity index (χ1) is 11.2. The molecule has 1 aromatic heterocycles. The van der Waals surface area contributed by atoms with Crippen molar-refractivity contribution >= 4 is 34.6 Å². The number of carbonyl (C=O) groups excluding carboxylic acids is 2. The van der Waals surface area contributed by atoms with Crippen LogP contribution in [0.2, 0.25) is 0 Å². The Bertz CT molecular complexity index is 920. The molecule has 6 heteroatoms. The van der Waals surface area contributed by atoms with Crippen LogP contribution < -0.4 is 10.6 Å². The van der Waals surface area contributed by atoms with Gasteiger partial charge in [-0.3, -0.25) is 4.79 Å². The van der Waals surface area contributed by atoms with Gasteiger partial charge in [-0.1, -0.05) is 12.1 Å². The summed E-state index contributed by atoms with van der Waals surface area (Å²) < 4.78 is 0. The molecule has 0 aliphatic carbocycles. The third-order valence-corrected chi connectivity index (χ3v) is 3.39. The van der Waals surface area contributed by atoms with Gasteiger partial charge in [0.15, 0.2) is 6.29 Å². The maximum Gasteiger partial charge on any atom is 0.323 e. The van der Waals surface area contributed by atoms with Crippen LogP contribution in [-0.2, 0) is 0 Å². The number of hydrogen-bond donors (Lipinski definition) is 3. The number of nitriles is 1. The summed E-state index contributed by atoms with van der Waals surface area (Å²) in [6.45, 7) is 0. The van der Waals surface area contributed by atoms with Gasteiger partial charge in [-0.15, -0.1) is 0 Å². The molecule has 0 aliphatic heterocycles. The zero-order valence-corrected chi connectivity index (χ0v) is 12.0. The number of nitrogens with one attached hydrogen (secondary N) is 3. The molecule has 3 aromatic rings. The van der Waals surface area contributed by atoms with Crippen LogP contribution in [0.4, 0.5) is 16.2 Å². The maximum atomic E-state index is 12.1. The molecule has 0 bridgehead atoms. The second-order valence-corrected chi connectivity index (χ2v) is 4.86. The largest absolute Gasteiger partial charge is 0.359 e. The smallest absolute Gasteiger partial charge is 0.323 e. The quantitative estimate of drug-likeness (QED) is 0.646. The summed E-state index contributed by atoms with van der Waals surface area (Å²) in [5.41, 5.74) is 2.89. The molecule has 2 aromatic carbocycles. The summed E-state index contributed by atoms with van der Waals surface area (Å²) in [7, 11) is 0. The predicted octanol–water partition coefficient (Wildman–Crippen LogP) is 3.50. The molecule has 3 N–H and O–H groups in total. The van der Waals surface area contributed by atoms with Gasteiger partial charge in [-0.05, 0) is 30.3 Å². The number of urea groups is 1. The topological polar surface area (TPSA) is 97.8 Å². The van der Waals surface area contributed by atoms with E-state index in [0.717, 1.165) is 11.7 Å². The van der Waals surface area contributed by atoms with Crippen LogP contribution in [0.1, 0.15) is 15.9 Å². The molecule has 0 aliphatic rings. The predicted molar refractivity (Wildman–Crippen MR) is 87.5 cm³/mol. The highest BCUT2D eigenvalue weighted by Crippen LogP contribution is 2.24. The summed E-state index contributed by atoms with van der Waals surface area (Å²) >= 11 is 0. The molecule has 3 rings (SSSR count). The van der Waals surface area contributed by atoms with E-state index in [4.69, 9.17) is 5.26 Å². The Kier molecular flexibility index (Phi) is 3.77. The number of benzene rings is 2. The number of H-pyrrole nitrogens is 1. The Balaban J connectivity index is 1.78. The Labute approximate surface area is 131 Å². The maximum absolute atomic E-state index is 12.1. The van der Waals surface area contributed by atoms with Crippen LogP contribution in [0.3, 0.4) is 0 Å². The fraction of sp³-hybridized carbons (Fsp3) is 0. The van der Waals surface area contributed by atoms with Gasteiger partial charge in [-0.2, -0.15) is 5.26 Å². The van der Waals surface area contributed by atoms with Crippen LogP contribution in [-0.4, -0.2) is 17.3 Å². The standard InChI is InChI=1S/C17H12N4O2/c18-8-11-4-6-13(7-5-11)20-17(23)21-15-3-1-2-14-12(10-22)9-19-16(14)15/h1-7,9-10,19H,(H2,20,21,23). The number of rotatable bonds is 3. The van der Waals surface area contributed by atoms with Crippen molar-refractivity contribution in [1.82, 2.24) is 4.98 Å². The van der Waals surface area contributed by atoms with E-state index in [1.807, 2.05) is 6.07 Å². The molecule has 0 fully saturated rings. The summed E-state index contributed by atoms with van der Waals surface area (Å²) in [6, 6.07) is 13.5. The van der Waals surface area contributed by atoms with Crippen LogP contribution in [0.25, 0.3) is 10.9 Å². The average Bonchev–Trinajstić information content (AvgIpc) is 3.00. The highest BCUT2D eigenvalue weighted by Gasteiger charge is 2.09. The van der Waals surface area contributed by atoms with Crippen molar-refractivity contribution in [3.8, 4) is 6.07 Å². The summed E-state index contributed by atoms with van der Waals surface area (Å²) in [6.07, 6.45) is 2.36. The van der Waals surface area contributed by atoms with Crippen molar-refractivity contribution in [2.24, 2.45) is 0 Å². The van der Waals surface area contributed by atoms with E-state index >= 15 is 0 Å². The van der Waals surface area contributed by atoms with E-state index < -0.39 is 6.03 Å². The highest BCUT2D eigenvalue weighted by atomic mass is 16.2. The molecule has 112 valence electrons. The number of aromatic nitrogens is 1. The second kappa shape index (κ2) is 6.03. The molecule has 1 heterocycles. The molecule has 2 amide bonds. The van der Waals surface area contributed by atoms with Crippen molar-refractivity contribution in [2.75, 3.05) is 10.6 Å². The number of nitrogens with zero attached hydrogens (tertiary/aromatic N) is 1. The number of para-hydroxylation sites is 1. The third-order valence-electron chi connectivity index (χ3n) is 3.39. The SMILES string of the molecule is N#Cc1ccc(NC(=O)Nc2cccc3c(C=O)c[nH]c23)cc1. The minimum Gasteiger partial charge on any atom is -0.359 e. The first-order valence-electron chi connectivity index (χ1n) is 6.84. The van der Waals surface area contributed by atoms with E-state index in [1.54, 1.807) is 48.7 Å². The Hall–Kier alpha value is -3.59. The van der Waals surface area contributed by atoms with Crippen molar-refractivity contribution in [3.05, 3.63) is 59.8 Å². The van der Waals surface area contributed by atoms with Gasteiger partial charge >= 0.3 is 6.03 Å². The average molecular weight is 304 g/mol. The normalized spacial score (nSPS) is 10.0. The minimum atomic E-state index is -0.413. The number of anilines is 2. The minimum absolute atomic E-state index is 0.413. The monoisotopic (exact) mass is 304 g/mol. The molecule has 0 saturated carbocycles. The molecule has 0 saturated heterocycles. The Morgan fingerprint density at radius 2 is 1.91 bits per heavy atom. The summed E-state index contributed by atoms with van der Waals surface area (Å²) in [5.74, 6) is 0. The van der Waals surface area contributed by atoms with Gasteiger partial charge in [0.2, 0.25) is 0 Å². The van der Waals surface area contributed by atoms with Crippen LogP contribution in [0, 0.1) is 11.3 Å². The lowest BCUT2D eigenvalue weighted by molar-refractivity contribution is 0.112. The van der Waals surface area contributed by atoms with Crippen LogP contribution in [0.5, 0.6) is 0 Å². The molecular weight excluding hydrogens is 292 g/mol. The lowest BCUT2D eigenvalue weighted by atomic mass is 10.1. The first kappa shape index (κ1) is 14.4. The number of amides is 2. The lowest BCUT2D eigenvalue weighted by Crippen LogP contribution is -2.19. The summed E-state index contributed by atoms with van der Waals surface area (Å²) in [5, 5.41) is 14.9.